The SMILES string of the molecule is CNC(C)c1cccc(OC(C)C(N)=O)c1. The van der Waals surface area contributed by atoms with E-state index in [1.807, 2.05) is 31.3 Å². The first-order valence-corrected chi connectivity index (χ1v) is 5.27. The highest BCUT2D eigenvalue weighted by atomic mass is 16.5. The molecule has 0 bridgehead atoms. The number of ether oxygens (including phenoxy) is 1. The van der Waals surface area contributed by atoms with Crippen LogP contribution in [0.1, 0.15) is 25.5 Å². The molecule has 0 aliphatic carbocycles. The molecule has 0 aromatic heterocycles. The number of carbonyl (C=O) groups is 1. The summed E-state index contributed by atoms with van der Waals surface area (Å²) in [7, 11) is 1.89. The molecule has 0 radical (unpaired) electrons. The number of amides is 1. The van der Waals surface area contributed by atoms with Gasteiger partial charge in [-0.05, 0) is 38.6 Å². The fourth-order valence-corrected chi connectivity index (χ4v) is 1.29. The predicted octanol–water partition coefficient (Wildman–Crippen LogP) is 1.22. The molecule has 0 heterocycles. The lowest BCUT2D eigenvalue weighted by atomic mass is 10.1. The largest absolute Gasteiger partial charge is 0.481 e. The van der Waals surface area contributed by atoms with Crippen LogP contribution in [-0.4, -0.2) is 19.1 Å². The van der Waals surface area contributed by atoms with Crippen molar-refractivity contribution in [2.24, 2.45) is 5.73 Å². The Balaban J connectivity index is 2.78. The van der Waals surface area contributed by atoms with Crippen LogP contribution in [-0.2, 0) is 4.79 Å². The molecular weight excluding hydrogens is 204 g/mol. The normalized spacial score (nSPS) is 14.2. The van der Waals surface area contributed by atoms with Crippen LogP contribution in [0.25, 0.3) is 0 Å². The van der Waals surface area contributed by atoms with Gasteiger partial charge in [-0.25, -0.2) is 0 Å². The zero-order chi connectivity index (χ0) is 12.1. The van der Waals surface area contributed by atoms with Crippen molar-refractivity contribution >= 4 is 5.91 Å². The number of carbonyl (C=O) groups excluding carboxylic acids is 1. The molecule has 0 aliphatic rings. The van der Waals surface area contributed by atoms with Gasteiger partial charge >= 0.3 is 0 Å². The van der Waals surface area contributed by atoms with Gasteiger partial charge in [0.1, 0.15) is 5.75 Å². The van der Waals surface area contributed by atoms with E-state index in [2.05, 4.69) is 12.2 Å². The van der Waals surface area contributed by atoms with E-state index in [1.54, 1.807) is 6.92 Å². The summed E-state index contributed by atoms with van der Waals surface area (Å²) in [5.41, 5.74) is 6.24. The average molecular weight is 222 g/mol. The van der Waals surface area contributed by atoms with Crippen LogP contribution in [0.5, 0.6) is 5.75 Å². The molecule has 0 spiro atoms. The standard InChI is InChI=1S/C12H18N2O2/c1-8(14-3)10-5-4-6-11(7-10)16-9(2)12(13)15/h4-9,14H,1-3H3,(H2,13,15). The van der Waals surface area contributed by atoms with Crippen LogP contribution < -0.4 is 15.8 Å². The topological polar surface area (TPSA) is 64.3 Å². The van der Waals surface area contributed by atoms with Crippen LogP contribution in [0.2, 0.25) is 0 Å². The van der Waals surface area contributed by atoms with Crippen molar-refractivity contribution in [3.8, 4) is 5.75 Å². The molecule has 0 aliphatic heterocycles. The van der Waals surface area contributed by atoms with E-state index in [0.717, 1.165) is 5.56 Å². The van der Waals surface area contributed by atoms with Crippen LogP contribution in [0.3, 0.4) is 0 Å². The van der Waals surface area contributed by atoms with E-state index < -0.39 is 12.0 Å². The minimum absolute atomic E-state index is 0.243. The van der Waals surface area contributed by atoms with E-state index in [1.165, 1.54) is 0 Å². The lowest BCUT2D eigenvalue weighted by molar-refractivity contribution is -0.123. The zero-order valence-corrected chi connectivity index (χ0v) is 9.86. The number of nitrogens with one attached hydrogen (secondary N) is 1. The number of hydrogen-bond acceptors (Lipinski definition) is 3. The van der Waals surface area contributed by atoms with Gasteiger partial charge in [0, 0.05) is 6.04 Å². The molecule has 1 aromatic rings. The van der Waals surface area contributed by atoms with Crippen LogP contribution in [0.4, 0.5) is 0 Å². The van der Waals surface area contributed by atoms with Gasteiger partial charge in [0.2, 0.25) is 0 Å². The van der Waals surface area contributed by atoms with Gasteiger partial charge in [-0.1, -0.05) is 12.1 Å². The molecule has 0 saturated heterocycles. The number of hydrogen-bond donors (Lipinski definition) is 2. The summed E-state index contributed by atoms with van der Waals surface area (Å²) in [5.74, 6) is 0.193. The fraction of sp³-hybridized carbons (Fsp3) is 0.417. The van der Waals surface area contributed by atoms with Gasteiger partial charge in [-0.2, -0.15) is 0 Å². The highest BCUT2D eigenvalue weighted by Gasteiger charge is 2.11. The Bertz CT molecular complexity index is 366. The van der Waals surface area contributed by atoms with Crippen molar-refractivity contribution in [3.05, 3.63) is 29.8 Å². The van der Waals surface area contributed by atoms with E-state index >= 15 is 0 Å². The first kappa shape index (κ1) is 12.5. The fourth-order valence-electron chi connectivity index (χ4n) is 1.29. The van der Waals surface area contributed by atoms with E-state index in [4.69, 9.17) is 10.5 Å². The van der Waals surface area contributed by atoms with Crippen molar-refractivity contribution in [2.45, 2.75) is 26.0 Å². The van der Waals surface area contributed by atoms with Gasteiger partial charge in [-0.3, -0.25) is 4.79 Å². The maximum Gasteiger partial charge on any atom is 0.258 e. The third-order valence-electron chi connectivity index (χ3n) is 2.50. The monoisotopic (exact) mass is 222 g/mol. The smallest absolute Gasteiger partial charge is 0.258 e. The van der Waals surface area contributed by atoms with Gasteiger partial charge in [-0.15, -0.1) is 0 Å². The second kappa shape index (κ2) is 5.51. The quantitative estimate of drug-likeness (QED) is 0.787. The zero-order valence-electron chi connectivity index (χ0n) is 9.86. The maximum atomic E-state index is 10.9. The minimum Gasteiger partial charge on any atom is -0.481 e. The average Bonchev–Trinajstić information content (AvgIpc) is 2.28. The minimum atomic E-state index is -0.611. The summed E-state index contributed by atoms with van der Waals surface area (Å²) < 4.78 is 5.41. The molecule has 4 nitrogen and oxygen atoms in total. The highest BCUT2D eigenvalue weighted by molar-refractivity contribution is 5.78. The van der Waals surface area contributed by atoms with Gasteiger partial charge in [0.05, 0.1) is 0 Å². The van der Waals surface area contributed by atoms with Gasteiger partial charge in [0.15, 0.2) is 6.10 Å². The molecule has 0 saturated carbocycles. The number of primary amides is 1. The second-order valence-electron chi connectivity index (χ2n) is 3.75. The number of nitrogens with two attached hydrogens (primary N) is 1. The Morgan fingerprint density at radius 3 is 2.69 bits per heavy atom. The van der Waals surface area contributed by atoms with E-state index in [0.29, 0.717) is 5.75 Å². The number of rotatable bonds is 5. The lowest BCUT2D eigenvalue weighted by Gasteiger charge is -2.14. The second-order valence-corrected chi connectivity index (χ2v) is 3.75. The molecule has 1 amide bonds. The Morgan fingerprint density at radius 1 is 1.44 bits per heavy atom. The molecule has 2 unspecified atom stereocenters. The van der Waals surface area contributed by atoms with Gasteiger partial charge in [0.25, 0.3) is 5.91 Å². The van der Waals surface area contributed by atoms with Crippen molar-refractivity contribution in [1.82, 2.24) is 5.32 Å². The summed E-state index contributed by atoms with van der Waals surface area (Å²) in [6, 6.07) is 7.86. The Morgan fingerprint density at radius 2 is 2.12 bits per heavy atom. The first-order valence-electron chi connectivity index (χ1n) is 5.27. The molecule has 0 fully saturated rings. The van der Waals surface area contributed by atoms with Crippen molar-refractivity contribution in [1.29, 1.82) is 0 Å². The van der Waals surface area contributed by atoms with Gasteiger partial charge < -0.3 is 15.8 Å². The molecule has 16 heavy (non-hydrogen) atoms. The summed E-state index contributed by atoms with van der Waals surface area (Å²) in [4.78, 5) is 10.9. The molecule has 4 heteroatoms. The summed E-state index contributed by atoms with van der Waals surface area (Å²) in [6.07, 6.45) is -0.611. The summed E-state index contributed by atoms with van der Waals surface area (Å²) in [5, 5.41) is 3.14. The van der Waals surface area contributed by atoms with Crippen LogP contribution in [0.15, 0.2) is 24.3 Å². The molecule has 1 aromatic carbocycles. The van der Waals surface area contributed by atoms with Crippen LogP contribution >= 0.6 is 0 Å². The predicted molar refractivity (Wildman–Crippen MR) is 63.2 cm³/mol. The summed E-state index contributed by atoms with van der Waals surface area (Å²) in [6.45, 7) is 3.69. The third-order valence-corrected chi connectivity index (χ3v) is 2.50. The number of benzene rings is 1. The van der Waals surface area contributed by atoms with Crippen molar-refractivity contribution in [2.75, 3.05) is 7.05 Å². The van der Waals surface area contributed by atoms with Crippen molar-refractivity contribution < 1.29 is 9.53 Å². The Labute approximate surface area is 95.8 Å². The molecule has 2 atom stereocenters. The molecule has 3 N–H and O–H groups in total. The van der Waals surface area contributed by atoms with Crippen molar-refractivity contribution in [3.63, 3.8) is 0 Å². The first-order chi connectivity index (χ1) is 7.54. The molecule has 1 rings (SSSR count). The summed E-state index contributed by atoms with van der Waals surface area (Å²) >= 11 is 0. The molecular formula is C12H18N2O2. The Kier molecular flexibility index (Phi) is 4.31. The maximum absolute atomic E-state index is 10.9. The van der Waals surface area contributed by atoms with E-state index in [9.17, 15) is 4.79 Å². The highest BCUT2D eigenvalue weighted by Crippen LogP contribution is 2.19. The lowest BCUT2D eigenvalue weighted by Crippen LogP contribution is -2.30. The third kappa shape index (κ3) is 3.24. The van der Waals surface area contributed by atoms with E-state index in [-0.39, 0.29) is 6.04 Å². The molecule has 88 valence electrons. The Hall–Kier alpha value is -1.55. The van der Waals surface area contributed by atoms with Crippen LogP contribution in [0, 0.1) is 0 Å².